The molecule has 3 aromatic carbocycles. The molecule has 2 N–H and O–H groups in total. The number of halogens is 2. The highest BCUT2D eigenvalue weighted by atomic mass is 35.5. The quantitative estimate of drug-likeness (QED) is 0.582. The molecule has 0 aliphatic carbocycles. The SMILES string of the molecule is Fc1ccc(CNC(=S)Nc2ccccc2-c2ccccc2)c(Cl)c1. The van der Waals surface area contributed by atoms with Crippen LogP contribution in [0.2, 0.25) is 5.02 Å². The molecular formula is C20H16ClFN2S. The molecule has 0 saturated heterocycles. The summed E-state index contributed by atoms with van der Waals surface area (Å²) in [6.45, 7) is 0.415. The van der Waals surface area contributed by atoms with Crippen LogP contribution >= 0.6 is 23.8 Å². The Morgan fingerprint density at radius 1 is 0.960 bits per heavy atom. The standard InChI is InChI=1S/C20H16ClFN2S/c21-18-12-16(22)11-10-15(18)13-23-20(25)24-19-9-5-4-8-17(19)14-6-2-1-3-7-14/h1-12H,13H2,(H2,23,24,25). The zero-order chi connectivity index (χ0) is 17.6. The minimum absolute atomic E-state index is 0.355. The van der Waals surface area contributed by atoms with Gasteiger partial charge >= 0.3 is 0 Å². The van der Waals surface area contributed by atoms with Gasteiger partial charge in [0.2, 0.25) is 0 Å². The summed E-state index contributed by atoms with van der Waals surface area (Å²) in [5, 5.41) is 7.16. The second kappa shape index (κ2) is 8.10. The molecule has 0 bridgehead atoms. The summed E-state index contributed by atoms with van der Waals surface area (Å²) in [7, 11) is 0. The van der Waals surface area contributed by atoms with Gasteiger partial charge in [-0.25, -0.2) is 4.39 Å². The maximum absolute atomic E-state index is 13.1. The fourth-order valence-electron chi connectivity index (χ4n) is 2.47. The molecule has 0 aliphatic rings. The summed E-state index contributed by atoms with van der Waals surface area (Å²) in [6, 6.07) is 22.4. The van der Waals surface area contributed by atoms with Crippen LogP contribution in [0.3, 0.4) is 0 Å². The highest BCUT2D eigenvalue weighted by Crippen LogP contribution is 2.27. The lowest BCUT2D eigenvalue weighted by Crippen LogP contribution is -2.28. The van der Waals surface area contributed by atoms with Crippen LogP contribution in [0.15, 0.2) is 72.8 Å². The lowest BCUT2D eigenvalue weighted by Gasteiger charge is -2.15. The van der Waals surface area contributed by atoms with Crippen molar-refractivity contribution in [2.24, 2.45) is 0 Å². The Bertz CT molecular complexity index is 884. The van der Waals surface area contributed by atoms with Gasteiger partial charge in [0, 0.05) is 22.8 Å². The first-order valence-electron chi connectivity index (χ1n) is 7.77. The topological polar surface area (TPSA) is 24.1 Å². The van der Waals surface area contributed by atoms with Gasteiger partial charge in [-0.2, -0.15) is 0 Å². The van der Waals surface area contributed by atoms with E-state index in [1.165, 1.54) is 12.1 Å². The highest BCUT2D eigenvalue weighted by molar-refractivity contribution is 7.80. The lowest BCUT2D eigenvalue weighted by atomic mass is 10.0. The minimum atomic E-state index is -0.355. The molecule has 0 unspecified atom stereocenters. The van der Waals surface area contributed by atoms with Crippen molar-refractivity contribution in [2.75, 3.05) is 5.32 Å². The number of thiocarbonyl (C=S) groups is 1. The smallest absolute Gasteiger partial charge is 0.171 e. The van der Waals surface area contributed by atoms with Crippen LogP contribution in [-0.2, 0) is 6.54 Å². The van der Waals surface area contributed by atoms with E-state index < -0.39 is 0 Å². The zero-order valence-corrected chi connectivity index (χ0v) is 14.9. The molecule has 0 amide bonds. The van der Waals surface area contributed by atoms with E-state index in [-0.39, 0.29) is 5.82 Å². The maximum Gasteiger partial charge on any atom is 0.171 e. The van der Waals surface area contributed by atoms with Crippen molar-refractivity contribution in [3.63, 3.8) is 0 Å². The van der Waals surface area contributed by atoms with Crippen molar-refractivity contribution in [1.82, 2.24) is 5.32 Å². The van der Waals surface area contributed by atoms with Gasteiger partial charge in [0.1, 0.15) is 5.82 Å². The fraction of sp³-hybridized carbons (Fsp3) is 0.0500. The van der Waals surface area contributed by atoms with E-state index in [4.69, 9.17) is 23.8 Å². The fourth-order valence-corrected chi connectivity index (χ4v) is 2.88. The van der Waals surface area contributed by atoms with Gasteiger partial charge in [-0.3, -0.25) is 0 Å². The van der Waals surface area contributed by atoms with E-state index >= 15 is 0 Å². The van der Waals surface area contributed by atoms with Crippen molar-refractivity contribution >= 4 is 34.6 Å². The van der Waals surface area contributed by atoms with Crippen molar-refractivity contribution < 1.29 is 4.39 Å². The number of para-hydroxylation sites is 1. The number of hydrogen-bond acceptors (Lipinski definition) is 1. The molecule has 5 heteroatoms. The van der Waals surface area contributed by atoms with Crippen molar-refractivity contribution in [3.05, 3.63) is 89.2 Å². The molecule has 0 aliphatic heterocycles. The van der Waals surface area contributed by atoms with E-state index in [0.717, 1.165) is 22.4 Å². The van der Waals surface area contributed by atoms with E-state index in [2.05, 4.69) is 22.8 Å². The molecule has 3 aromatic rings. The van der Waals surface area contributed by atoms with Gasteiger partial charge in [-0.15, -0.1) is 0 Å². The lowest BCUT2D eigenvalue weighted by molar-refractivity contribution is 0.627. The number of anilines is 1. The zero-order valence-electron chi connectivity index (χ0n) is 13.3. The third-order valence-corrected chi connectivity index (χ3v) is 4.31. The molecule has 0 spiro atoms. The van der Waals surface area contributed by atoms with Gasteiger partial charge in [0.25, 0.3) is 0 Å². The Kier molecular flexibility index (Phi) is 5.64. The van der Waals surface area contributed by atoms with Crippen LogP contribution in [0.1, 0.15) is 5.56 Å². The summed E-state index contributed by atoms with van der Waals surface area (Å²) >= 11 is 11.4. The van der Waals surface area contributed by atoms with Crippen LogP contribution < -0.4 is 10.6 Å². The minimum Gasteiger partial charge on any atom is -0.358 e. The van der Waals surface area contributed by atoms with Crippen LogP contribution in [0.5, 0.6) is 0 Å². The number of nitrogens with one attached hydrogen (secondary N) is 2. The van der Waals surface area contributed by atoms with Gasteiger partial charge < -0.3 is 10.6 Å². The summed E-state index contributed by atoms with van der Waals surface area (Å²) in [6.07, 6.45) is 0. The molecule has 0 heterocycles. The number of rotatable bonds is 4. The van der Waals surface area contributed by atoms with E-state index in [0.29, 0.717) is 16.7 Å². The maximum atomic E-state index is 13.1. The first-order valence-corrected chi connectivity index (χ1v) is 8.55. The Morgan fingerprint density at radius 2 is 1.68 bits per heavy atom. The second-order valence-corrected chi connectivity index (χ2v) is 6.27. The highest BCUT2D eigenvalue weighted by Gasteiger charge is 2.07. The van der Waals surface area contributed by atoms with E-state index in [1.54, 1.807) is 6.07 Å². The molecule has 2 nitrogen and oxygen atoms in total. The molecule has 0 atom stereocenters. The largest absolute Gasteiger partial charge is 0.358 e. The van der Waals surface area contributed by atoms with Crippen LogP contribution in [-0.4, -0.2) is 5.11 Å². The van der Waals surface area contributed by atoms with E-state index in [9.17, 15) is 4.39 Å². The predicted molar refractivity (Wildman–Crippen MR) is 106 cm³/mol. The molecule has 126 valence electrons. The Labute approximate surface area is 156 Å². The summed E-state index contributed by atoms with van der Waals surface area (Å²) in [4.78, 5) is 0. The van der Waals surface area contributed by atoms with Crippen LogP contribution in [0.4, 0.5) is 10.1 Å². The van der Waals surface area contributed by atoms with Crippen molar-refractivity contribution in [3.8, 4) is 11.1 Å². The Morgan fingerprint density at radius 3 is 2.44 bits per heavy atom. The molecule has 0 saturated carbocycles. The molecule has 25 heavy (non-hydrogen) atoms. The normalized spacial score (nSPS) is 10.3. The molecule has 3 rings (SSSR count). The molecule has 0 aromatic heterocycles. The second-order valence-electron chi connectivity index (χ2n) is 5.46. The third-order valence-electron chi connectivity index (χ3n) is 3.71. The van der Waals surface area contributed by atoms with Gasteiger partial charge in [0.15, 0.2) is 5.11 Å². The average Bonchev–Trinajstić information content (AvgIpc) is 2.62. The van der Waals surface area contributed by atoms with Gasteiger partial charge in [-0.1, -0.05) is 66.2 Å². The molecule has 0 radical (unpaired) electrons. The Balaban J connectivity index is 1.69. The van der Waals surface area contributed by atoms with E-state index in [1.807, 2.05) is 42.5 Å². The van der Waals surface area contributed by atoms with Gasteiger partial charge in [0.05, 0.1) is 0 Å². The van der Waals surface area contributed by atoms with Crippen molar-refractivity contribution in [1.29, 1.82) is 0 Å². The van der Waals surface area contributed by atoms with Gasteiger partial charge in [-0.05, 0) is 41.5 Å². The summed E-state index contributed by atoms with van der Waals surface area (Å²) < 4.78 is 13.1. The Hall–Kier alpha value is -2.43. The number of benzene rings is 3. The van der Waals surface area contributed by atoms with Crippen molar-refractivity contribution in [2.45, 2.75) is 6.54 Å². The predicted octanol–water partition coefficient (Wildman–Crippen LogP) is 5.63. The summed E-state index contributed by atoms with van der Waals surface area (Å²) in [5.74, 6) is -0.355. The average molecular weight is 371 g/mol. The molecular weight excluding hydrogens is 355 g/mol. The monoisotopic (exact) mass is 370 g/mol. The number of hydrogen-bond donors (Lipinski definition) is 2. The van der Waals surface area contributed by atoms with Crippen LogP contribution in [0.25, 0.3) is 11.1 Å². The first-order chi connectivity index (χ1) is 12.1. The third kappa shape index (κ3) is 4.56. The summed E-state index contributed by atoms with van der Waals surface area (Å²) in [5.41, 5.74) is 3.86. The molecule has 0 fully saturated rings. The van der Waals surface area contributed by atoms with Crippen LogP contribution in [0, 0.1) is 5.82 Å². The first kappa shape index (κ1) is 17.4.